The number of piperazine rings is 1. The van der Waals surface area contributed by atoms with Gasteiger partial charge in [0, 0.05) is 26.2 Å². The minimum atomic E-state index is -3.19. The quantitative estimate of drug-likeness (QED) is 0.614. The second-order valence-electron chi connectivity index (χ2n) is 7.62. The highest BCUT2D eigenvalue weighted by molar-refractivity contribution is 7.89. The molecule has 2 aromatic carbocycles. The Kier molecular flexibility index (Phi) is 8.11. The van der Waals surface area contributed by atoms with Crippen LogP contribution in [-0.4, -0.2) is 76.2 Å². The van der Waals surface area contributed by atoms with Gasteiger partial charge >= 0.3 is 0 Å². The second kappa shape index (κ2) is 10.8. The molecule has 1 aliphatic heterocycles. The van der Waals surface area contributed by atoms with Crippen LogP contribution in [-0.2, 0) is 14.8 Å². The van der Waals surface area contributed by atoms with Crippen molar-refractivity contribution in [1.29, 1.82) is 0 Å². The Bertz CT molecular complexity index is 938. The molecule has 1 amide bonds. The number of methoxy groups -OCH3 is 2. The molecule has 1 N–H and O–H groups in total. The van der Waals surface area contributed by atoms with Crippen molar-refractivity contribution in [2.45, 2.75) is 13.0 Å². The molecule has 0 spiro atoms. The number of rotatable bonds is 9. The van der Waals surface area contributed by atoms with Crippen molar-refractivity contribution in [3.8, 4) is 11.5 Å². The summed E-state index contributed by atoms with van der Waals surface area (Å²) in [6, 6.07) is 14.9. The monoisotopic (exact) mass is 461 g/mol. The molecule has 1 fully saturated rings. The van der Waals surface area contributed by atoms with Gasteiger partial charge in [0.15, 0.2) is 0 Å². The zero-order valence-electron chi connectivity index (χ0n) is 18.8. The Balaban J connectivity index is 1.69. The molecule has 0 bridgehead atoms. The number of carbonyl (C=O) groups is 1. The van der Waals surface area contributed by atoms with Crippen LogP contribution >= 0.6 is 0 Å². The van der Waals surface area contributed by atoms with Gasteiger partial charge < -0.3 is 14.8 Å². The second-order valence-corrected chi connectivity index (χ2v) is 9.88. The van der Waals surface area contributed by atoms with Gasteiger partial charge in [-0.1, -0.05) is 24.3 Å². The minimum Gasteiger partial charge on any atom is -0.497 e. The third-order valence-corrected chi connectivity index (χ3v) is 7.54. The number of hydrogen-bond donors (Lipinski definition) is 1. The molecule has 0 aromatic heterocycles. The summed E-state index contributed by atoms with van der Waals surface area (Å²) < 4.78 is 36.1. The zero-order chi connectivity index (χ0) is 23.1. The van der Waals surface area contributed by atoms with Gasteiger partial charge in [0.1, 0.15) is 11.5 Å². The molecule has 1 aliphatic rings. The molecule has 0 radical (unpaired) electrons. The van der Waals surface area contributed by atoms with Crippen LogP contribution in [0.2, 0.25) is 0 Å². The lowest BCUT2D eigenvalue weighted by molar-refractivity contribution is -0.123. The number of ether oxygens (including phenoxy) is 2. The fourth-order valence-electron chi connectivity index (χ4n) is 3.71. The van der Waals surface area contributed by atoms with Gasteiger partial charge in [-0.25, -0.2) is 8.42 Å². The maximum atomic E-state index is 12.9. The van der Waals surface area contributed by atoms with Crippen molar-refractivity contribution in [3.05, 3.63) is 59.7 Å². The molecule has 0 saturated carbocycles. The number of benzene rings is 2. The highest BCUT2D eigenvalue weighted by Gasteiger charge is 2.27. The van der Waals surface area contributed by atoms with Crippen molar-refractivity contribution < 1.29 is 22.7 Å². The average Bonchev–Trinajstić information content (AvgIpc) is 2.83. The number of hydrogen-bond acceptors (Lipinski definition) is 6. The van der Waals surface area contributed by atoms with Crippen LogP contribution in [0.15, 0.2) is 48.5 Å². The van der Waals surface area contributed by atoms with Gasteiger partial charge in [-0.2, -0.15) is 4.31 Å². The van der Waals surface area contributed by atoms with E-state index in [1.807, 2.05) is 53.4 Å². The lowest BCUT2D eigenvalue weighted by Gasteiger charge is -2.33. The molecule has 0 atom stereocenters. The van der Waals surface area contributed by atoms with Gasteiger partial charge in [-0.05, 0) is 42.3 Å². The minimum absolute atomic E-state index is 0.0961. The fraction of sp³-hybridized carbons (Fsp3) is 0.435. The molecular weight excluding hydrogens is 430 g/mol. The third-order valence-electron chi connectivity index (χ3n) is 5.66. The van der Waals surface area contributed by atoms with Gasteiger partial charge in [0.05, 0.1) is 32.6 Å². The molecule has 8 nitrogen and oxygen atoms in total. The highest BCUT2D eigenvalue weighted by Crippen LogP contribution is 2.26. The van der Waals surface area contributed by atoms with Crippen molar-refractivity contribution >= 4 is 15.9 Å². The lowest BCUT2D eigenvalue weighted by atomic mass is 9.98. The van der Waals surface area contributed by atoms with Crippen molar-refractivity contribution in [3.63, 3.8) is 0 Å². The topological polar surface area (TPSA) is 88.2 Å². The Morgan fingerprint density at radius 2 is 1.38 bits per heavy atom. The summed E-state index contributed by atoms with van der Waals surface area (Å²) in [6.45, 7) is 3.73. The maximum absolute atomic E-state index is 12.9. The molecule has 3 rings (SSSR count). The Labute approximate surface area is 190 Å². The van der Waals surface area contributed by atoms with E-state index in [4.69, 9.17) is 9.47 Å². The summed E-state index contributed by atoms with van der Waals surface area (Å²) in [6.07, 6.45) is 0. The van der Waals surface area contributed by atoms with E-state index >= 15 is 0 Å². The van der Waals surface area contributed by atoms with Gasteiger partial charge in [0.2, 0.25) is 15.9 Å². The molecule has 1 heterocycles. The van der Waals surface area contributed by atoms with E-state index in [2.05, 4.69) is 5.32 Å². The molecule has 1 saturated heterocycles. The smallest absolute Gasteiger partial charge is 0.234 e. The van der Waals surface area contributed by atoms with Gasteiger partial charge in [0.25, 0.3) is 0 Å². The third kappa shape index (κ3) is 5.99. The summed E-state index contributed by atoms with van der Waals surface area (Å²) in [5.74, 6) is 1.47. The van der Waals surface area contributed by atoms with E-state index in [1.54, 1.807) is 21.1 Å². The molecule has 0 aliphatic carbocycles. The van der Waals surface area contributed by atoms with E-state index in [9.17, 15) is 13.2 Å². The zero-order valence-corrected chi connectivity index (χ0v) is 19.6. The van der Waals surface area contributed by atoms with Gasteiger partial charge in [-0.15, -0.1) is 0 Å². The first-order valence-electron chi connectivity index (χ1n) is 10.6. The Morgan fingerprint density at radius 3 is 1.78 bits per heavy atom. The standard InChI is InChI=1S/C23H31N3O5S/c1-4-32(28,29)26-15-13-25(14-16-26)17-22(27)24-23(18-5-9-20(30-2)10-6-18)19-7-11-21(31-3)12-8-19/h5-12,23H,4,13-17H2,1-3H3,(H,24,27). The first kappa shape index (κ1) is 24.0. The molecule has 32 heavy (non-hydrogen) atoms. The summed E-state index contributed by atoms with van der Waals surface area (Å²) in [5, 5.41) is 3.13. The first-order chi connectivity index (χ1) is 15.4. The largest absolute Gasteiger partial charge is 0.497 e. The predicted octanol–water partition coefficient (Wildman–Crippen LogP) is 1.88. The number of nitrogens with one attached hydrogen (secondary N) is 1. The van der Waals surface area contributed by atoms with E-state index in [-0.39, 0.29) is 24.2 Å². The van der Waals surface area contributed by atoms with E-state index in [0.717, 1.165) is 22.6 Å². The number of nitrogens with zero attached hydrogens (tertiary/aromatic N) is 2. The van der Waals surface area contributed by atoms with Crippen LogP contribution in [0.1, 0.15) is 24.1 Å². The highest BCUT2D eigenvalue weighted by atomic mass is 32.2. The molecule has 0 unspecified atom stereocenters. The SMILES string of the molecule is CCS(=O)(=O)N1CCN(CC(=O)NC(c2ccc(OC)cc2)c2ccc(OC)cc2)CC1. The summed E-state index contributed by atoms with van der Waals surface area (Å²) in [5.41, 5.74) is 1.87. The van der Waals surface area contributed by atoms with Crippen molar-refractivity contribution in [1.82, 2.24) is 14.5 Å². The van der Waals surface area contributed by atoms with E-state index < -0.39 is 10.0 Å². The summed E-state index contributed by atoms with van der Waals surface area (Å²) in [7, 11) is 0.0385. The van der Waals surface area contributed by atoms with Crippen molar-refractivity contribution in [2.75, 3.05) is 52.7 Å². The van der Waals surface area contributed by atoms with Crippen LogP contribution in [0.25, 0.3) is 0 Å². The van der Waals surface area contributed by atoms with Crippen LogP contribution < -0.4 is 14.8 Å². The first-order valence-corrected chi connectivity index (χ1v) is 12.2. The summed E-state index contributed by atoms with van der Waals surface area (Å²) >= 11 is 0. The number of carbonyl (C=O) groups excluding carboxylic acids is 1. The van der Waals surface area contributed by atoms with Crippen LogP contribution in [0, 0.1) is 0 Å². The number of amides is 1. The average molecular weight is 462 g/mol. The predicted molar refractivity (Wildman–Crippen MR) is 123 cm³/mol. The maximum Gasteiger partial charge on any atom is 0.234 e. The van der Waals surface area contributed by atoms with E-state index in [1.165, 1.54) is 4.31 Å². The van der Waals surface area contributed by atoms with Crippen LogP contribution in [0.4, 0.5) is 0 Å². The molecule has 9 heteroatoms. The normalized spacial score (nSPS) is 15.5. The molecule has 2 aromatic rings. The fourth-order valence-corrected chi connectivity index (χ4v) is 4.79. The Hall–Kier alpha value is -2.62. The summed E-state index contributed by atoms with van der Waals surface area (Å²) in [4.78, 5) is 14.9. The van der Waals surface area contributed by atoms with E-state index in [0.29, 0.717) is 26.2 Å². The Morgan fingerprint density at radius 1 is 0.906 bits per heavy atom. The van der Waals surface area contributed by atoms with Crippen molar-refractivity contribution in [2.24, 2.45) is 0 Å². The molecule has 174 valence electrons. The van der Waals surface area contributed by atoms with Crippen LogP contribution in [0.3, 0.4) is 0 Å². The van der Waals surface area contributed by atoms with Crippen LogP contribution in [0.5, 0.6) is 11.5 Å². The number of sulfonamides is 1. The lowest BCUT2D eigenvalue weighted by Crippen LogP contribution is -2.51. The van der Waals surface area contributed by atoms with Gasteiger partial charge in [-0.3, -0.25) is 9.69 Å². The molecular formula is C23H31N3O5S.